The highest BCUT2D eigenvalue weighted by atomic mass is 16.5. The van der Waals surface area contributed by atoms with Crippen LogP contribution in [0.1, 0.15) is 5.56 Å². The van der Waals surface area contributed by atoms with Crippen molar-refractivity contribution in [2.45, 2.75) is 6.54 Å². The summed E-state index contributed by atoms with van der Waals surface area (Å²) in [5.74, 6) is 0. The van der Waals surface area contributed by atoms with Gasteiger partial charge in [-0.3, -0.25) is 4.90 Å². The molecule has 0 radical (unpaired) electrons. The third-order valence-electron chi connectivity index (χ3n) is 5.19. The number of morpholine rings is 1. The van der Waals surface area contributed by atoms with Crippen LogP contribution in [0.3, 0.4) is 0 Å². The molecule has 1 aliphatic heterocycles. The summed E-state index contributed by atoms with van der Waals surface area (Å²) in [6, 6.07) is 12.8. The van der Waals surface area contributed by atoms with E-state index in [2.05, 4.69) is 45.2 Å². The standard InChI is InChI=1S/C22H21N3O2/c1-2-4-19(16(3-1)14-25-6-9-26-10-7-25)18-11-20-21(17-5-8-27-15-17)13-24-22(20)23-12-18/h1-5,8,11-13,15H,6-7,9-10,14H2,(H,23,24). The van der Waals surface area contributed by atoms with Gasteiger partial charge in [0.05, 0.1) is 25.7 Å². The Hall–Kier alpha value is -2.89. The van der Waals surface area contributed by atoms with Crippen LogP contribution in [0.4, 0.5) is 0 Å². The molecule has 4 aromatic rings. The van der Waals surface area contributed by atoms with Crippen LogP contribution in [0, 0.1) is 0 Å². The predicted octanol–water partition coefficient (Wildman–Crippen LogP) is 4.32. The zero-order chi connectivity index (χ0) is 18.1. The van der Waals surface area contributed by atoms with Gasteiger partial charge in [0.15, 0.2) is 0 Å². The van der Waals surface area contributed by atoms with Gasteiger partial charge in [-0.15, -0.1) is 0 Å². The first-order chi connectivity index (χ1) is 13.4. The first-order valence-electron chi connectivity index (χ1n) is 9.26. The molecular weight excluding hydrogens is 338 g/mol. The molecule has 27 heavy (non-hydrogen) atoms. The first kappa shape index (κ1) is 16.3. The number of ether oxygens (including phenoxy) is 1. The molecule has 136 valence electrons. The Balaban J connectivity index is 1.54. The summed E-state index contributed by atoms with van der Waals surface area (Å²) in [6.45, 7) is 4.52. The summed E-state index contributed by atoms with van der Waals surface area (Å²) in [4.78, 5) is 10.4. The van der Waals surface area contributed by atoms with Gasteiger partial charge in [-0.2, -0.15) is 0 Å². The maximum atomic E-state index is 5.48. The lowest BCUT2D eigenvalue weighted by Crippen LogP contribution is -2.35. The van der Waals surface area contributed by atoms with Crippen LogP contribution in [-0.2, 0) is 11.3 Å². The molecular formula is C22H21N3O2. The van der Waals surface area contributed by atoms with Gasteiger partial charge in [-0.1, -0.05) is 24.3 Å². The third kappa shape index (κ3) is 3.16. The van der Waals surface area contributed by atoms with E-state index < -0.39 is 0 Å². The lowest BCUT2D eigenvalue weighted by molar-refractivity contribution is 0.0342. The Kier molecular flexibility index (Phi) is 4.24. The molecule has 0 unspecified atom stereocenters. The molecule has 4 heterocycles. The monoisotopic (exact) mass is 359 g/mol. The fraction of sp³-hybridized carbons (Fsp3) is 0.227. The van der Waals surface area contributed by atoms with Gasteiger partial charge in [0.25, 0.3) is 0 Å². The molecule has 5 rings (SSSR count). The molecule has 1 N–H and O–H groups in total. The number of furan rings is 1. The quantitative estimate of drug-likeness (QED) is 0.589. The molecule has 1 saturated heterocycles. The van der Waals surface area contributed by atoms with E-state index in [4.69, 9.17) is 9.15 Å². The molecule has 5 heteroatoms. The minimum atomic E-state index is 0.813. The minimum Gasteiger partial charge on any atom is -0.472 e. The van der Waals surface area contributed by atoms with Crippen molar-refractivity contribution in [2.24, 2.45) is 0 Å². The molecule has 0 spiro atoms. The number of rotatable bonds is 4. The number of H-pyrrole nitrogens is 1. The van der Waals surface area contributed by atoms with Gasteiger partial charge in [0.2, 0.25) is 0 Å². The average molecular weight is 359 g/mol. The molecule has 1 fully saturated rings. The number of benzene rings is 1. The fourth-order valence-electron chi connectivity index (χ4n) is 3.75. The van der Waals surface area contributed by atoms with Gasteiger partial charge in [0, 0.05) is 54.1 Å². The minimum absolute atomic E-state index is 0.813. The van der Waals surface area contributed by atoms with E-state index in [0.717, 1.165) is 60.6 Å². The van der Waals surface area contributed by atoms with E-state index in [-0.39, 0.29) is 0 Å². The Morgan fingerprint density at radius 2 is 1.93 bits per heavy atom. The molecule has 0 bridgehead atoms. The maximum absolute atomic E-state index is 5.48. The van der Waals surface area contributed by atoms with E-state index >= 15 is 0 Å². The van der Waals surface area contributed by atoms with Crippen molar-refractivity contribution >= 4 is 11.0 Å². The van der Waals surface area contributed by atoms with Crippen molar-refractivity contribution in [2.75, 3.05) is 26.3 Å². The molecule has 0 amide bonds. The summed E-state index contributed by atoms with van der Waals surface area (Å²) in [6.07, 6.45) is 7.41. The second kappa shape index (κ2) is 7.02. The average Bonchev–Trinajstić information content (AvgIpc) is 3.38. The van der Waals surface area contributed by atoms with Gasteiger partial charge in [-0.25, -0.2) is 4.98 Å². The number of aromatic amines is 1. The number of aromatic nitrogens is 2. The van der Waals surface area contributed by atoms with Crippen molar-refractivity contribution < 1.29 is 9.15 Å². The lowest BCUT2D eigenvalue weighted by Gasteiger charge is -2.27. The molecule has 0 aliphatic carbocycles. The number of fused-ring (bicyclic) bond motifs is 1. The highest BCUT2D eigenvalue weighted by molar-refractivity contribution is 5.95. The second-order valence-electron chi connectivity index (χ2n) is 6.88. The van der Waals surface area contributed by atoms with Crippen molar-refractivity contribution in [3.8, 4) is 22.3 Å². The zero-order valence-corrected chi connectivity index (χ0v) is 15.0. The predicted molar refractivity (Wildman–Crippen MR) is 105 cm³/mol. The van der Waals surface area contributed by atoms with Crippen LogP contribution < -0.4 is 0 Å². The van der Waals surface area contributed by atoms with Crippen molar-refractivity contribution in [1.29, 1.82) is 0 Å². The van der Waals surface area contributed by atoms with E-state index in [1.165, 1.54) is 11.1 Å². The van der Waals surface area contributed by atoms with Crippen LogP contribution in [0.25, 0.3) is 33.3 Å². The first-order valence-corrected chi connectivity index (χ1v) is 9.26. The van der Waals surface area contributed by atoms with Crippen LogP contribution >= 0.6 is 0 Å². The number of nitrogens with zero attached hydrogens (tertiary/aromatic N) is 2. The fourth-order valence-corrected chi connectivity index (χ4v) is 3.75. The van der Waals surface area contributed by atoms with Crippen LogP contribution in [-0.4, -0.2) is 41.2 Å². The number of hydrogen-bond acceptors (Lipinski definition) is 4. The summed E-state index contributed by atoms with van der Waals surface area (Å²) in [5, 5.41) is 1.11. The Bertz CT molecular complexity index is 1050. The molecule has 0 atom stereocenters. The van der Waals surface area contributed by atoms with E-state index in [0.29, 0.717) is 0 Å². The topological polar surface area (TPSA) is 54.3 Å². The molecule has 0 saturated carbocycles. The zero-order valence-electron chi connectivity index (χ0n) is 15.0. The highest BCUT2D eigenvalue weighted by Crippen LogP contribution is 2.32. The summed E-state index contributed by atoms with van der Waals surface area (Å²) < 4.78 is 10.7. The van der Waals surface area contributed by atoms with E-state index in [1.54, 1.807) is 12.5 Å². The van der Waals surface area contributed by atoms with Gasteiger partial charge >= 0.3 is 0 Å². The molecule has 1 aromatic carbocycles. The van der Waals surface area contributed by atoms with Gasteiger partial charge in [-0.05, 0) is 23.3 Å². The highest BCUT2D eigenvalue weighted by Gasteiger charge is 2.15. The SMILES string of the molecule is c1ccc(-c2cnc3[nH]cc(-c4ccoc4)c3c2)c(CN2CCOCC2)c1. The van der Waals surface area contributed by atoms with Crippen LogP contribution in [0.2, 0.25) is 0 Å². The number of pyridine rings is 1. The smallest absolute Gasteiger partial charge is 0.137 e. The molecule has 1 aliphatic rings. The Labute approximate surface area is 157 Å². The largest absolute Gasteiger partial charge is 0.472 e. The van der Waals surface area contributed by atoms with Crippen molar-refractivity contribution in [3.63, 3.8) is 0 Å². The Morgan fingerprint density at radius 1 is 1.04 bits per heavy atom. The summed E-state index contributed by atoms with van der Waals surface area (Å²) >= 11 is 0. The summed E-state index contributed by atoms with van der Waals surface area (Å²) in [5.41, 5.74) is 6.75. The van der Waals surface area contributed by atoms with Crippen molar-refractivity contribution in [3.05, 3.63) is 66.9 Å². The number of hydrogen-bond donors (Lipinski definition) is 1. The second-order valence-corrected chi connectivity index (χ2v) is 6.88. The number of nitrogens with one attached hydrogen (secondary N) is 1. The van der Waals surface area contributed by atoms with Crippen molar-refractivity contribution in [1.82, 2.24) is 14.9 Å². The van der Waals surface area contributed by atoms with Crippen LogP contribution in [0.15, 0.2) is 65.7 Å². The lowest BCUT2D eigenvalue weighted by atomic mass is 9.99. The third-order valence-corrected chi connectivity index (χ3v) is 5.19. The Morgan fingerprint density at radius 3 is 2.78 bits per heavy atom. The molecule has 5 nitrogen and oxygen atoms in total. The maximum Gasteiger partial charge on any atom is 0.137 e. The van der Waals surface area contributed by atoms with Gasteiger partial charge < -0.3 is 14.1 Å². The normalized spacial score (nSPS) is 15.4. The van der Waals surface area contributed by atoms with E-state index in [9.17, 15) is 0 Å². The van der Waals surface area contributed by atoms with E-state index in [1.807, 2.05) is 18.5 Å². The molecule has 3 aromatic heterocycles. The van der Waals surface area contributed by atoms with Gasteiger partial charge in [0.1, 0.15) is 5.65 Å². The van der Waals surface area contributed by atoms with Crippen LogP contribution in [0.5, 0.6) is 0 Å². The summed E-state index contributed by atoms with van der Waals surface area (Å²) in [7, 11) is 0.